The molecule has 29 heavy (non-hydrogen) atoms. The van der Waals surface area contributed by atoms with Crippen molar-refractivity contribution in [2.45, 2.75) is 65.6 Å². The first kappa shape index (κ1) is 21.8. The van der Waals surface area contributed by atoms with E-state index in [1.165, 1.54) is 31.5 Å². The molecule has 1 aliphatic heterocycles. The Morgan fingerprint density at radius 3 is 2.34 bits per heavy atom. The Morgan fingerprint density at radius 2 is 1.72 bits per heavy atom. The summed E-state index contributed by atoms with van der Waals surface area (Å²) in [5.74, 6) is 0.863. The SMILES string of the molecule is CC1CCN(Cc2ccc(CNC(=O)NCc3csc(C(C)(C)C)n3)cc2)CC1. The van der Waals surface area contributed by atoms with E-state index in [1.807, 2.05) is 5.38 Å². The molecule has 0 aliphatic carbocycles. The molecule has 0 unspecified atom stereocenters. The minimum atomic E-state index is -0.165. The van der Waals surface area contributed by atoms with E-state index in [9.17, 15) is 4.79 Å². The lowest BCUT2D eigenvalue weighted by molar-refractivity contribution is 0.185. The molecule has 2 N–H and O–H groups in total. The van der Waals surface area contributed by atoms with Crippen LogP contribution in [0.2, 0.25) is 0 Å². The van der Waals surface area contributed by atoms with Crippen LogP contribution in [0.25, 0.3) is 0 Å². The number of carbonyl (C=O) groups excluding carboxylic acids is 1. The number of thiazole rings is 1. The first-order chi connectivity index (χ1) is 13.8. The van der Waals surface area contributed by atoms with E-state index in [-0.39, 0.29) is 11.4 Å². The predicted molar refractivity (Wildman–Crippen MR) is 120 cm³/mol. The normalized spacial score (nSPS) is 16.0. The lowest BCUT2D eigenvalue weighted by Gasteiger charge is -2.30. The van der Waals surface area contributed by atoms with Gasteiger partial charge in [0.25, 0.3) is 0 Å². The Morgan fingerprint density at radius 1 is 1.10 bits per heavy atom. The van der Waals surface area contributed by atoms with E-state index >= 15 is 0 Å². The highest BCUT2D eigenvalue weighted by atomic mass is 32.1. The van der Waals surface area contributed by atoms with Crippen LogP contribution in [0.1, 0.15) is 62.4 Å². The van der Waals surface area contributed by atoms with E-state index < -0.39 is 0 Å². The summed E-state index contributed by atoms with van der Waals surface area (Å²) in [4.78, 5) is 19.2. The van der Waals surface area contributed by atoms with Gasteiger partial charge in [0.1, 0.15) is 0 Å². The fraction of sp³-hybridized carbons (Fsp3) is 0.565. The quantitative estimate of drug-likeness (QED) is 0.722. The monoisotopic (exact) mass is 414 g/mol. The Hall–Kier alpha value is -1.92. The summed E-state index contributed by atoms with van der Waals surface area (Å²) < 4.78 is 0. The summed E-state index contributed by atoms with van der Waals surface area (Å²) in [6, 6.07) is 8.41. The number of carbonyl (C=O) groups is 1. The molecule has 1 aliphatic rings. The number of nitrogens with one attached hydrogen (secondary N) is 2. The molecule has 2 aromatic rings. The van der Waals surface area contributed by atoms with Gasteiger partial charge in [0.05, 0.1) is 17.2 Å². The van der Waals surface area contributed by atoms with Gasteiger partial charge in [-0.25, -0.2) is 9.78 Å². The molecule has 0 radical (unpaired) electrons. The zero-order valence-electron chi connectivity index (χ0n) is 18.1. The first-order valence-electron chi connectivity index (χ1n) is 10.6. The van der Waals surface area contributed by atoms with E-state index in [2.05, 4.69) is 72.5 Å². The molecule has 2 heterocycles. The average molecular weight is 415 g/mol. The van der Waals surface area contributed by atoms with Crippen LogP contribution in [0, 0.1) is 5.92 Å². The molecular weight excluding hydrogens is 380 g/mol. The number of nitrogens with zero attached hydrogens (tertiary/aromatic N) is 2. The molecule has 1 aromatic carbocycles. The summed E-state index contributed by atoms with van der Waals surface area (Å²) in [5.41, 5.74) is 3.40. The van der Waals surface area contributed by atoms with Crippen molar-refractivity contribution in [2.75, 3.05) is 13.1 Å². The smallest absolute Gasteiger partial charge is 0.315 e. The van der Waals surface area contributed by atoms with Gasteiger partial charge in [-0.15, -0.1) is 11.3 Å². The van der Waals surface area contributed by atoms with Crippen molar-refractivity contribution in [1.29, 1.82) is 0 Å². The number of aromatic nitrogens is 1. The minimum absolute atomic E-state index is 0.0454. The highest BCUT2D eigenvalue weighted by Gasteiger charge is 2.18. The lowest BCUT2D eigenvalue weighted by atomic mass is 9.98. The molecule has 3 rings (SSSR count). The third-order valence-corrected chi connectivity index (χ3v) is 6.70. The van der Waals surface area contributed by atoms with Crippen molar-refractivity contribution in [3.05, 3.63) is 51.5 Å². The van der Waals surface area contributed by atoms with Crippen LogP contribution in [0.5, 0.6) is 0 Å². The number of amides is 2. The molecule has 6 heteroatoms. The number of rotatable bonds is 6. The number of hydrogen-bond donors (Lipinski definition) is 2. The molecule has 1 fully saturated rings. The van der Waals surface area contributed by atoms with Crippen molar-refractivity contribution in [2.24, 2.45) is 5.92 Å². The number of urea groups is 1. The molecule has 158 valence electrons. The lowest BCUT2D eigenvalue weighted by Crippen LogP contribution is -2.34. The van der Waals surface area contributed by atoms with Gasteiger partial charge in [-0.1, -0.05) is 52.0 Å². The Balaban J connectivity index is 1.39. The fourth-order valence-corrected chi connectivity index (χ4v) is 4.30. The second kappa shape index (κ2) is 9.72. The van der Waals surface area contributed by atoms with Crippen LogP contribution in [-0.4, -0.2) is 29.0 Å². The van der Waals surface area contributed by atoms with Gasteiger partial charge in [0.2, 0.25) is 0 Å². The summed E-state index contributed by atoms with van der Waals surface area (Å²) in [6.45, 7) is 13.2. The largest absolute Gasteiger partial charge is 0.334 e. The van der Waals surface area contributed by atoms with Crippen molar-refractivity contribution in [3.63, 3.8) is 0 Å². The zero-order chi connectivity index (χ0) is 20.9. The molecule has 0 bridgehead atoms. The minimum Gasteiger partial charge on any atom is -0.334 e. The molecule has 0 spiro atoms. The standard InChI is InChI=1S/C23H34N4OS/c1-17-9-11-27(12-10-17)15-19-7-5-18(6-8-19)13-24-22(28)25-14-20-16-29-21(26-20)23(2,3)4/h5-8,16-17H,9-15H2,1-4H3,(H2,24,25,28). The number of piperidine rings is 1. The maximum atomic E-state index is 12.1. The van der Waals surface area contributed by atoms with E-state index in [1.54, 1.807) is 11.3 Å². The summed E-state index contributed by atoms with van der Waals surface area (Å²) in [5, 5.41) is 8.93. The van der Waals surface area contributed by atoms with Crippen LogP contribution >= 0.6 is 11.3 Å². The molecule has 1 saturated heterocycles. The maximum absolute atomic E-state index is 12.1. The third kappa shape index (κ3) is 6.82. The first-order valence-corrected chi connectivity index (χ1v) is 11.4. The molecule has 2 amide bonds. The summed E-state index contributed by atoms with van der Waals surface area (Å²) in [6.07, 6.45) is 2.60. The van der Waals surface area contributed by atoms with E-state index in [4.69, 9.17) is 0 Å². The van der Waals surface area contributed by atoms with Gasteiger partial charge >= 0.3 is 6.03 Å². The average Bonchev–Trinajstić information content (AvgIpc) is 3.17. The van der Waals surface area contributed by atoms with Crippen LogP contribution in [0.15, 0.2) is 29.6 Å². The van der Waals surface area contributed by atoms with Gasteiger partial charge in [0.15, 0.2) is 0 Å². The molecule has 0 atom stereocenters. The Bertz CT molecular complexity index is 786. The maximum Gasteiger partial charge on any atom is 0.315 e. The Kier molecular flexibility index (Phi) is 7.30. The molecule has 0 saturated carbocycles. The van der Waals surface area contributed by atoms with Crippen molar-refractivity contribution in [3.8, 4) is 0 Å². The predicted octanol–water partition coefficient (Wildman–Crippen LogP) is 4.67. The number of benzene rings is 1. The number of hydrogen-bond acceptors (Lipinski definition) is 4. The summed E-state index contributed by atoms with van der Waals surface area (Å²) >= 11 is 1.65. The van der Waals surface area contributed by atoms with Crippen LogP contribution in [-0.2, 0) is 25.0 Å². The van der Waals surface area contributed by atoms with Crippen LogP contribution in [0.4, 0.5) is 4.79 Å². The zero-order valence-corrected chi connectivity index (χ0v) is 18.9. The molecule has 1 aromatic heterocycles. The van der Waals surface area contributed by atoms with Gasteiger partial charge in [-0.2, -0.15) is 0 Å². The van der Waals surface area contributed by atoms with Crippen LogP contribution in [0.3, 0.4) is 0 Å². The highest BCUT2D eigenvalue weighted by molar-refractivity contribution is 7.09. The summed E-state index contributed by atoms with van der Waals surface area (Å²) in [7, 11) is 0. The highest BCUT2D eigenvalue weighted by Crippen LogP contribution is 2.25. The topological polar surface area (TPSA) is 57.3 Å². The second-order valence-electron chi connectivity index (χ2n) is 9.21. The Labute approximate surface area is 178 Å². The number of likely N-dealkylation sites (tertiary alicyclic amines) is 1. The van der Waals surface area contributed by atoms with E-state index in [0.29, 0.717) is 13.1 Å². The van der Waals surface area contributed by atoms with Gasteiger partial charge in [-0.05, 0) is 43.0 Å². The van der Waals surface area contributed by atoms with Crippen molar-refractivity contribution >= 4 is 17.4 Å². The van der Waals surface area contributed by atoms with Crippen molar-refractivity contribution in [1.82, 2.24) is 20.5 Å². The third-order valence-electron chi connectivity index (χ3n) is 5.38. The van der Waals surface area contributed by atoms with Crippen LogP contribution < -0.4 is 10.6 Å². The van der Waals surface area contributed by atoms with Crippen molar-refractivity contribution < 1.29 is 4.79 Å². The van der Waals surface area contributed by atoms with Gasteiger partial charge < -0.3 is 10.6 Å². The van der Waals surface area contributed by atoms with Gasteiger partial charge in [-0.3, -0.25) is 4.90 Å². The van der Waals surface area contributed by atoms with E-state index in [0.717, 1.165) is 28.7 Å². The van der Waals surface area contributed by atoms with Gasteiger partial charge in [0, 0.05) is 23.9 Å². The molecule has 5 nitrogen and oxygen atoms in total. The second-order valence-corrected chi connectivity index (χ2v) is 10.1. The molecular formula is C23H34N4OS. The fourth-order valence-electron chi connectivity index (χ4n) is 3.39.